The van der Waals surface area contributed by atoms with Crippen molar-refractivity contribution in [1.29, 1.82) is 0 Å². The molecule has 0 saturated carbocycles. The summed E-state index contributed by atoms with van der Waals surface area (Å²) >= 11 is 5.87. The third-order valence-corrected chi connectivity index (χ3v) is 3.89. The van der Waals surface area contributed by atoms with E-state index in [0.717, 1.165) is 6.92 Å². The highest BCUT2D eigenvalue weighted by Gasteiger charge is 2.57. The number of ether oxygens (including phenoxy) is 1. The third-order valence-electron chi connectivity index (χ3n) is 3.65. The Morgan fingerprint density at radius 1 is 1.35 bits per heavy atom. The van der Waals surface area contributed by atoms with Gasteiger partial charge in [-0.15, -0.1) is 0 Å². The summed E-state index contributed by atoms with van der Waals surface area (Å²) < 4.78 is 45.9. The monoisotopic (exact) mass is 392 g/mol. The van der Waals surface area contributed by atoms with Gasteiger partial charge in [0.1, 0.15) is 11.6 Å². The molecule has 0 saturated heterocycles. The number of nitrogens with one attached hydrogen (secondary N) is 2. The minimum absolute atomic E-state index is 0.00971. The molecule has 0 aliphatic carbocycles. The molecule has 1 amide bonds. The number of fused-ring (bicyclic) bond motifs is 1. The number of anilines is 1. The van der Waals surface area contributed by atoms with Crippen molar-refractivity contribution in [1.82, 2.24) is 4.98 Å². The maximum absolute atomic E-state index is 13.7. The molecule has 0 bridgehead atoms. The van der Waals surface area contributed by atoms with Gasteiger partial charge in [0, 0.05) is 27.9 Å². The van der Waals surface area contributed by atoms with Crippen LogP contribution >= 0.6 is 11.6 Å². The number of ketones is 1. The Labute approximate surface area is 151 Å². The highest BCUT2D eigenvalue weighted by Crippen LogP contribution is 2.47. The molecule has 3 N–H and O–H groups in total. The number of aromatic nitrogens is 1. The molecule has 142 valence electrons. The molecule has 6 nitrogen and oxygen atoms in total. The first-order valence-electron chi connectivity index (χ1n) is 7.53. The standard InChI is InChI=1S/C16H16ClF3N2O4/c1-3-26-14(24)22-13-12(10-6-9(17)4-5-11(10)21-13)15(25,7-8(2)23)16(18,19)20/h4-6,21,25H,3,7H2,1-2H3,(H,22,24). The second-order valence-corrected chi connectivity index (χ2v) is 6.08. The predicted octanol–water partition coefficient (Wildman–Crippen LogP) is 4.12. The number of aromatic amines is 1. The Bertz CT molecular complexity index is 850. The average Bonchev–Trinajstić information content (AvgIpc) is 2.82. The van der Waals surface area contributed by atoms with Crippen molar-refractivity contribution >= 4 is 40.2 Å². The van der Waals surface area contributed by atoms with Crippen molar-refractivity contribution in [3.8, 4) is 0 Å². The number of Topliss-reactive ketones (excluding diaryl/α,β-unsaturated/α-hetero) is 1. The van der Waals surface area contributed by atoms with Gasteiger partial charge in [-0.2, -0.15) is 13.2 Å². The van der Waals surface area contributed by atoms with Gasteiger partial charge < -0.3 is 14.8 Å². The van der Waals surface area contributed by atoms with Crippen LogP contribution in [0.3, 0.4) is 0 Å². The molecule has 1 aromatic carbocycles. The fourth-order valence-electron chi connectivity index (χ4n) is 2.65. The quantitative estimate of drug-likeness (QED) is 0.713. The number of amides is 1. The van der Waals surface area contributed by atoms with Crippen LogP contribution in [-0.4, -0.2) is 34.8 Å². The first-order chi connectivity index (χ1) is 12.0. The molecule has 1 atom stereocenters. The van der Waals surface area contributed by atoms with Crippen molar-refractivity contribution < 1.29 is 32.6 Å². The van der Waals surface area contributed by atoms with Gasteiger partial charge in [0.25, 0.3) is 0 Å². The van der Waals surface area contributed by atoms with Gasteiger partial charge >= 0.3 is 12.3 Å². The van der Waals surface area contributed by atoms with E-state index in [0.29, 0.717) is 0 Å². The second-order valence-electron chi connectivity index (χ2n) is 5.65. The van der Waals surface area contributed by atoms with Gasteiger partial charge in [-0.05, 0) is 32.0 Å². The van der Waals surface area contributed by atoms with E-state index >= 15 is 0 Å². The second kappa shape index (κ2) is 7.16. The molecule has 10 heteroatoms. The summed E-state index contributed by atoms with van der Waals surface area (Å²) in [6, 6.07) is 4.02. The van der Waals surface area contributed by atoms with Gasteiger partial charge in [0.05, 0.1) is 6.61 Å². The van der Waals surface area contributed by atoms with E-state index in [1.165, 1.54) is 25.1 Å². The number of aliphatic hydroxyl groups is 1. The molecule has 26 heavy (non-hydrogen) atoms. The van der Waals surface area contributed by atoms with Crippen LogP contribution in [0, 0.1) is 0 Å². The van der Waals surface area contributed by atoms with Gasteiger partial charge in [-0.3, -0.25) is 10.1 Å². The van der Waals surface area contributed by atoms with Gasteiger partial charge in [0.2, 0.25) is 0 Å². The lowest BCUT2D eigenvalue weighted by Gasteiger charge is -2.30. The molecule has 0 aliphatic rings. The lowest BCUT2D eigenvalue weighted by Crippen LogP contribution is -2.44. The van der Waals surface area contributed by atoms with Crippen LogP contribution in [-0.2, 0) is 15.1 Å². The Morgan fingerprint density at radius 3 is 2.54 bits per heavy atom. The van der Waals surface area contributed by atoms with Crippen molar-refractivity contribution in [2.24, 2.45) is 0 Å². The number of rotatable bonds is 5. The summed E-state index contributed by atoms with van der Waals surface area (Å²) in [5, 5.41) is 12.7. The summed E-state index contributed by atoms with van der Waals surface area (Å²) in [5.41, 5.74) is -4.05. The summed E-state index contributed by atoms with van der Waals surface area (Å²) in [4.78, 5) is 25.7. The first kappa shape index (κ1) is 20.1. The van der Waals surface area contributed by atoms with Crippen LogP contribution in [0.5, 0.6) is 0 Å². The lowest BCUT2D eigenvalue weighted by molar-refractivity contribution is -0.266. The van der Waals surface area contributed by atoms with E-state index in [4.69, 9.17) is 11.6 Å². The topological polar surface area (TPSA) is 91.4 Å². The number of halogens is 4. The molecule has 0 radical (unpaired) electrons. The fraction of sp³-hybridized carbons (Fsp3) is 0.375. The molecule has 0 aliphatic heterocycles. The minimum Gasteiger partial charge on any atom is -0.450 e. The summed E-state index contributed by atoms with van der Waals surface area (Å²) in [5.74, 6) is -1.31. The number of alkyl halides is 3. The van der Waals surface area contributed by atoms with Crippen molar-refractivity contribution in [3.63, 3.8) is 0 Å². The van der Waals surface area contributed by atoms with E-state index in [9.17, 15) is 27.9 Å². The van der Waals surface area contributed by atoms with E-state index < -0.39 is 41.5 Å². The molecule has 1 unspecified atom stereocenters. The Morgan fingerprint density at radius 2 is 2.00 bits per heavy atom. The lowest BCUT2D eigenvalue weighted by atomic mass is 9.87. The molecule has 0 spiro atoms. The zero-order valence-corrected chi connectivity index (χ0v) is 14.6. The smallest absolute Gasteiger partial charge is 0.422 e. The molecule has 0 fully saturated rings. The third kappa shape index (κ3) is 3.78. The summed E-state index contributed by atoms with van der Waals surface area (Å²) in [6.45, 7) is 2.44. The average molecular weight is 393 g/mol. The van der Waals surface area contributed by atoms with E-state index in [2.05, 4.69) is 15.0 Å². The van der Waals surface area contributed by atoms with Crippen LogP contribution < -0.4 is 5.32 Å². The van der Waals surface area contributed by atoms with Crippen molar-refractivity contribution in [3.05, 3.63) is 28.8 Å². The number of benzene rings is 1. The number of hydrogen-bond donors (Lipinski definition) is 3. The van der Waals surface area contributed by atoms with Crippen molar-refractivity contribution in [2.45, 2.75) is 32.0 Å². The number of hydrogen-bond acceptors (Lipinski definition) is 4. The maximum Gasteiger partial charge on any atom is 0.422 e. The highest BCUT2D eigenvalue weighted by atomic mass is 35.5. The number of carbonyl (C=O) groups excluding carboxylic acids is 2. The normalized spacial score (nSPS) is 14.1. The molecule has 1 aromatic heterocycles. The highest BCUT2D eigenvalue weighted by molar-refractivity contribution is 6.31. The van der Waals surface area contributed by atoms with Crippen LogP contribution in [0.25, 0.3) is 10.9 Å². The van der Waals surface area contributed by atoms with Crippen LogP contribution in [0.2, 0.25) is 5.02 Å². The van der Waals surface area contributed by atoms with E-state index in [1.807, 2.05) is 0 Å². The Kier molecular flexibility index (Phi) is 5.52. The van der Waals surface area contributed by atoms with Gasteiger partial charge in [0.15, 0.2) is 5.60 Å². The predicted molar refractivity (Wildman–Crippen MR) is 89.2 cm³/mol. The molecule has 2 aromatic rings. The van der Waals surface area contributed by atoms with Crippen molar-refractivity contribution in [2.75, 3.05) is 11.9 Å². The Balaban J connectivity index is 2.76. The van der Waals surface area contributed by atoms with Gasteiger partial charge in [-0.25, -0.2) is 4.79 Å². The molecule has 1 heterocycles. The molecular weight excluding hydrogens is 377 g/mol. The van der Waals surface area contributed by atoms with E-state index in [-0.39, 0.29) is 22.5 Å². The van der Waals surface area contributed by atoms with Crippen LogP contribution in [0.4, 0.5) is 23.8 Å². The zero-order valence-electron chi connectivity index (χ0n) is 13.8. The fourth-order valence-corrected chi connectivity index (χ4v) is 2.82. The Hall–Kier alpha value is -2.26. The van der Waals surface area contributed by atoms with Crippen LogP contribution in [0.15, 0.2) is 18.2 Å². The summed E-state index contributed by atoms with van der Waals surface area (Å²) in [6.07, 6.45) is -7.44. The number of carbonyl (C=O) groups is 2. The number of H-pyrrole nitrogens is 1. The molecular formula is C16H16ClF3N2O4. The SMILES string of the molecule is CCOC(=O)Nc1[nH]c2ccc(Cl)cc2c1C(O)(CC(C)=O)C(F)(F)F. The largest absolute Gasteiger partial charge is 0.450 e. The molecule has 2 rings (SSSR count). The minimum atomic E-state index is -5.19. The maximum atomic E-state index is 13.7. The van der Waals surface area contributed by atoms with E-state index in [1.54, 1.807) is 0 Å². The van der Waals surface area contributed by atoms with Gasteiger partial charge in [-0.1, -0.05) is 11.6 Å². The zero-order chi connectivity index (χ0) is 19.7. The first-order valence-corrected chi connectivity index (χ1v) is 7.91. The van der Waals surface area contributed by atoms with Crippen LogP contribution in [0.1, 0.15) is 25.8 Å². The summed E-state index contributed by atoms with van der Waals surface area (Å²) in [7, 11) is 0.